The Hall–Kier alpha value is -1.20. The van der Waals surface area contributed by atoms with Crippen LogP contribution in [0.1, 0.15) is 25.3 Å². The lowest BCUT2D eigenvalue weighted by Gasteiger charge is -2.36. The highest BCUT2D eigenvalue weighted by Crippen LogP contribution is 2.28. The van der Waals surface area contributed by atoms with Gasteiger partial charge in [0.1, 0.15) is 17.3 Å². The summed E-state index contributed by atoms with van der Waals surface area (Å²) in [4.78, 5) is 4.00. The third-order valence-electron chi connectivity index (χ3n) is 4.15. The average molecular weight is 297 g/mol. The SMILES string of the molecule is CC(N)Cc1cc(F)c(N2CCC(N(C)C)CC2)c(F)c1. The van der Waals surface area contributed by atoms with E-state index in [4.69, 9.17) is 5.73 Å². The molecule has 2 N–H and O–H groups in total. The number of hydrogen-bond acceptors (Lipinski definition) is 3. The summed E-state index contributed by atoms with van der Waals surface area (Å²) in [5.41, 5.74) is 6.42. The zero-order valence-corrected chi connectivity index (χ0v) is 13.1. The van der Waals surface area contributed by atoms with Gasteiger partial charge in [0.2, 0.25) is 0 Å². The van der Waals surface area contributed by atoms with Crippen molar-refractivity contribution in [1.82, 2.24) is 4.90 Å². The Kier molecular flexibility index (Phi) is 5.17. The van der Waals surface area contributed by atoms with Crippen molar-refractivity contribution in [3.63, 3.8) is 0 Å². The Morgan fingerprint density at radius 3 is 2.19 bits per heavy atom. The highest BCUT2D eigenvalue weighted by Gasteiger charge is 2.25. The molecule has 3 nitrogen and oxygen atoms in total. The maximum atomic E-state index is 14.3. The van der Waals surface area contributed by atoms with Crippen molar-refractivity contribution in [2.75, 3.05) is 32.1 Å². The van der Waals surface area contributed by atoms with Crippen LogP contribution in [0.25, 0.3) is 0 Å². The molecule has 5 heteroatoms. The third-order valence-corrected chi connectivity index (χ3v) is 4.15. The van der Waals surface area contributed by atoms with Crippen LogP contribution in [0.2, 0.25) is 0 Å². The lowest BCUT2D eigenvalue weighted by Crippen LogP contribution is -2.42. The van der Waals surface area contributed by atoms with Crippen molar-refractivity contribution in [3.8, 4) is 0 Å². The Morgan fingerprint density at radius 2 is 1.76 bits per heavy atom. The van der Waals surface area contributed by atoms with Crippen molar-refractivity contribution in [1.29, 1.82) is 0 Å². The minimum Gasteiger partial charge on any atom is -0.367 e. The van der Waals surface area contributed by atoms with Crippen LogP contribution in [-0.2, 0) is 6.42 Å². The van der Waals surface area contributed by atoms with Crippen LogP contribution < -0.4 is 10.6 Å². The Bertz CT molecular complexity index is 457. The van der Waals surface area contributed by atoms with Gasteiger partial charge in [-0.25, -0.2) is 8.78 Å². The number of rotatable bonds is 4. The van der Waals surface area contributed by atoms with E-state index in [0.717, 1.165) is 12.8 Å². The van der Waals surface area contributed by atoms with Crippen LogP contribution in [-0.4, -0.2) is 44.2 Å². The summed E-state index contributed by atoms with van der Waals surface area (Å²) in [5, 5.41) is 0. The number of nitrogens with two attached hydrogens (primary N) is 1. The Morgan fingerprint density at radius 1 is 1.24 bits per heavy atom. The lowest BCUT2D eigenvalue weighted by atomic mass is 10.0. The van der Waals surface area contributed by atoms with E-state index in [1.165, 1.54) is 12.1 Å². The molecule has 1 aromatic carbocycles. The molecule has 0 amide bonds. The largest absolute Gasteiger partial charge is 0.367 e. The van der Waals surface area contributed by atoms with Crippen LogP contribution >= 0.6 is 0 Å². The maximum Gasteiger partial charge on any atom is 0.149 e. The van der Waals surface area contributed by atoms with Crippen LogP contribution in [0.5, 0.6) is 0 Å². The maximum absolute atomic E-state index is 14.3. The first kappa shape index (κ1) is 16.2. The van der Waals surface area contributed by atoms with Crippen LogP contribution in [0.3, 0.4) is 0 Å². The predicted octanol–water partition coefficient (Wildman–Crippen LogP) is 2.38. The molecule has 1 unspecified atom stereocenters. The molecule has 1 atom stereocenters. The summed E-state index contributed by atoms with van der Waals surface area (Å²) in [6.07, 6.45) is 2.33. The van der Waals surface area contributed by atoms with Gasteiger partial charge < -0.3 is 15.5 Å². The molecular weight excluding hydrogens is 272 g/mol. The van der Waals surface area contributed by atoms with Crippen LogP contribution in [0.4, 0.5) is 14.5 Å². The quantitative estimate of drug-likeness (QED) is 0.926. The fourth-order valence-electron chi connectivity index (χ4n) is 3.02. The first-order chi connectivity index (χ1) is 9.88. The number of hydrogen-bond donors (Lipinski definition) is 1. The Labute approximate surface area is 125 Å². The topological polar surface area (TPSA) is 32.5 Å². The van der Waals surface area contributed by atoms with Crippen LogP contribution in [0, 0.1) is 11.6 Å². The predicted molar refractivity (Wildman–Crippen MR) is 82.6 cm³/mol. The molecule has 0 radical (unpaired) electrons. The molecule has 21 heavy (non-hydrogen) atoms. The smallest absolute Gasteiger partial charge is 0.149 e. The summed E-state index contributed by atoms with van der Waals surface area (Å²) in [6, 6.07) is 3.22. The van der Waals surface area contributed by atoms with Crippen molar-refractivity contribution < 1.29 is 8.78 Å². The molecule has 118 valence electrons. The molecule has 1 aliphatic rings. The summed E-state index contributed by atoms with van der Waals surface area (Å²) >= 11 is 0. The average Bonchev–Trinajstić information content (AvgIpc) is 2.37. The normalized spacial score (nSPS) is 18.3. The second kappa shape index (κ2) is 6.71. The zero-order valence-electron chi connectivity index (χ0n) is 13.1. The van der Waals surface area contributed by atoms with E-state index in [0.29, 0.717) is 31.1 Å². The second-order valence-electron chi connectivity index (χ2n) is 6.27. The van der Waals surface area contributed by atoms with E-state index in [1.807, 2.05) is 25.9 Å². The fourth-order valence-corrected chi connectivity index (χ4v) is 3.02. The van der Waals surface area contributed by atoms with E-state index in [2.05, 4.69) is 4.90 Å². The lowest BCUT2D eigenvalue weighted by molar-refractivity contribution is 0.249. The summed E-state index contributed by atoms with van der Waals surface area (Å²) in [5.74, 6) is -0.956. The van der Waals surface area contributed by atoms with Gasteiger partial charge >= 0.3 is 0 Å². The molecule has 1 saturated heterocycles. The first-order valence-corrected chi connectivity index (χ1v) is 7.53. The summed E-state index contributed by atoms with van der Waals surface area (Å²) < 4.78 is 28.5. The van der Waals surface area contributed by atoms with Crippen molar-refractivity contribution in [3.05, 3.63) is 29.3 Å². The molecule has 1 heterocycles. The van der Waals surface area contributed by atoms with E-state index in [-0.39, 0.29) is 11.7 Å². The number of nitrogens with zero attached hydrogens (tertiary/aromatic N) is 2. The van der Waals surface area contributed by atoms with Gasteiger partial charge in [-0.2, -0.15) is 0 Å². The minimum absolute atomic E-state index is 0.106. The molecule has 0 aliphatic carbocycles. The molecule has 0 aromatic heterocycles. The summed E-state index contributed by atoms with van der Waals surface area (Å²) in [7, 11) is 4.09. The van der Waals surface area contributed by atoms with E-state index in [1.54, 1.807) is 0 Å². The number of halogens is 2. The van der Waals surface area contributed by atoms with E-state index >= 15 is 0 Å². The van der Waals surface area contributed by atoms with Gasteiger partial charge in [-0.05, 0) is 58.0 Å². The fraction of sp³-hybridized carbons (Fsp3) is 0.625. The van der Waals surface area contributed by atoms with Crippen molar-refractivity contribution in [2.24, 2.45) is 5.73 Å². The molecular formula is C16H25F2N3. The van der Waals surface area contributed by atoms with Gasteiger partial charge in [-0.15, -0.1) is 0 Å². The van der Waals surface area contributed by atoms with E-state index < -0.39 is 11.6 Å². The van der Waals surface area contributed by atoms with Crippen molar-refractivity contribution in [2.45, 2.75) is 38.3 Å². The molecule has 2 rings (SSSR count). The third kappa shape index (κ3) is 3.92. The van der Waals surface area contributed by atoms with Gasteiger partial charge in [0.25, 0.3) is 0 Å². The van der Waals surface area contributed by atoms with Gasteiger partial charge in [0, 0.05) is 25.2 Å². The highest BCUT2D eigenvalue weighted by molar-refractivity contribution is 5.51. The molecule has 0 saturated carbocycles. The van der Waals surface area contributed by atoms with Gasteiger partial charge in [-0.3, -0.25) is 0 Å². The zero-order chi connectivity index (χ0) is 15.6. The van der Waals surface area contributed by atoms with Crippen LogP contribution in [0.15, 0.2) is 12.1 Å². The molecule has 1 aliphatic heterocycles. The minimum atomic E-state index is -0.478. The van der Waals surface area contributed by atoms with Gasteiger partial charge in [0.15, 0.2) is 0 Å². The van der Waals surface area contributed by atoms with Gasteiger partial charge in [-0.1, -0.05) is 0 Å². The molecule has 1 aromatic rings. The highest BCUT2D eigenvalue weighted by atomic mass is 19.1. The molecule has 0 bridgehead atoms. The van der Waals surface area contributed by atoms with E-state index in [9.17, 15) is 8.78 Å². The second-order valence-corrected chi connectivity index (χ2v) is 6.27. The number of benzene rings is 1. The first-order valence-electron chi connectivity index (χ1n) is 7.53. The van der Waals surface area contributed by atoms with Crippen molar-refractivity contribution >= 4 is 5.69 Å². The molecule has 0 spiro atoms. The standard InChI is InChI=1S/C16H25F2N3/c1-11(19)8-12-9-14(17)16(15(18)10-12)21-6-4-13(5-7-21)20(2)3/h9-11,13H,4-8,19H2,1-3H3. The number of piperidine rings is 1. The monoisotopic (exact) mass is 297 g/mol. The van der Waals surface area contributed by atoms with Gasteiger partial charge in [0.05, 0.1) is 0 Å². The Balaban J connectivity index is 2.14. The number of anilines is 1. The summed E-state index contributed by atoms with van der Waals surface area (Å²) in [6.45, 7) is 3.20. The molecule has 1 fully saturated rings.